The van der Waals surface area contributed by atoms with Gasteiger partial charge in [-0.3, -0.25) is 4.90 Å². The van der Waals surface area contributed by atoms with Crippen LogP contribution in [0, 0.1) is 11.8 Å². The topological polar surface area (TPSA) is 61.4 Å². The van der Waals surface area contributed by atoms with Gasteiger partial charge in [-0.05, 0) is 18.3 Å². The van der Waals surface area contributed by atoms with Gasteiger partial charge in [0.25, 0.3) is 0 Å². The molecule has 2 N–H and O–H groups in total. The summed E-state index contributed by atoms with van der Waals surface area (Å²) in [4.78, 5) is 2.22. The summed E-state index contributed by atoms with van der Waals surface area (Å²) in [5, 5.41) is 3.28. The molecule has 0 atom stereocenters. The number of sulfonamides is 1. The van der Waals surface area contributed by atoms with E-state index < -0.39 is 10.0 Å². The summed E-state index contributed by atoms with van der Waals surface area (Å²) in [7, 11) is -3.10. The van der Waals surface area contributed by atoms with E-state index in [0.717, 1.165) is 44.4 Å². The van der Waals surface area contributed by atoms with Crippen molar-refractivity contribution in [3.05, 3.63) is 0 Å². The minimum absolute atomic E-state index is 0.231. The normalized spacial score (nSPS) is 28.6. The summed E-state index contributed by atoms with van der Waals surface area (Å²) in [6.07, 6.45) is 6.15. The Morgan fingerprint density at radius 3 is 2.48 bits per heavy atom. The van der Waals surface area contributed by atoms with Crippen molar-refractivity contribution in [2.45, 2.75) is 39.0 Å². The van der Waals surface area contributed by atoms with E-state index in [9.17, 15) is 8.42 Å². The molecule has 1 saturated carbocycles. The van der Waals surface area contributed by atoms with Crippen molar-refractivity contribution in [2.24, 2.45) is 11.8 Å². The van der Waals surface area contributed by atoms with Crippen LogP contribution in [0.2, 0.25) is 0 Å². The highest BCUT2D eigenvalue weighted by Gasteiger charge is 2.19. The summed E-state index contributed by atoms with van der Waals surface area (Å²) in [5.74, 6) is 1.81. The van der Waals surface area contributed by atoms with Gasteiger partial charge in [-0.25, -0.2) is 13.1 Å². The molecule has 2 rings (SSSR count). The number of rotatable bonds is 7. The van der Waals surface area contributed by atoms with Crippen LogP contribution in [-0.4, -0.2) is 58.3 Å². The molecule has 0 spiro atoms. The Balaban J connectivity index is 1.59. The van der Waals surface area contributed by atoms with E-state index in [1.807, 2.05) is 0 Å². The first kappa shape index (κ1) is 17.2. The highest BCUT2D eigenvalue weighted by molar-refractivity contribution is 7.89. The number of piperazine rings is 1. The van der Waals surface area contributed by atoms with Gasteiger partial charge in [0.05, 0.1) is 5.75 Å². The zero-order valence-corrected chi connectivity index (χ0v) is 14.1. The lowest BCUT2D eigenvalue weighted by Crippen LogP contribution is -2.46. The molecule has 2 aliphatic rings. The maximum Gasteiger partial charge on any atom is 0.212 e. The highest BCUT2D eigenvalue weighted by Crippen LogP contribution is 2.29. The van der Waals surface area contributed by atoms with Crippen molar-refractivity contribution >= 4 is 10.0 Å². The summed E-state index contributed by atoms with van der Waals surface area (Å²) < 4.78 is 26.8. The molecular formula is C15H31N3O2S. The number of hydrogen-bond donors (Lipinski definition) is 2. The Hall–Kier alpha value is -0.170. The van der Waals surface area contributed by atoms with Crippen molar-refractivity contribution in [3.8, 4) is 0 Å². The van der Waals surface area contributed by atoms with Crippen molar-refractivity contribution in [2.75, 3.05) is 45.0 Å². The van der Waals surface area contributed by atoms with Gasteiger partial charge in [-0.15, -0.1) is 0 Å². The second kappa shape index (κ2) is 8.46. The summed E-state index contributed by atoms with van der Waals surface area (Å²) >= 11 is 0. The van der Waals surface area contributed by atoms with Crippen molar-refractivity contribution in [1.29, 1.82) is 0 Å². The fourth-order valence-electron chi connectivity index (χ4n) is 3.29. The molecule has 1 saturated heterocycles. The quantitative estimate of drug-likeness (QED) is 0.736. The van der Waals surface area contributed by atoms with Crippen LogP contribution in [0.15, 0.2) is 0 Å². The van der Waals surface area contributed by atoms with Gasteiger partial charge in [0.2, 0.25) is 10.0 Å². The molecule has 0 aromatic heterocycles. The van der Waals surface area contributed by atoms with Crippen molar-refractivity contribution in [3.63, 3.8) is 0 Å². The lowest BCUT2D eigenvalue weighted by atomic mass is 9.81. The molecule has 0 amide bonds. The summed E-state index contributed by atoms with van der Waals surface area (Å²) in [5.41, 5.74) is 0. The Morgan fingerprint density at radius 1 is 1.14 bits per heavy atom. The maximum atomic E-state index is 12.0. The lowest BCUT2D eigenvalue weighted by molar-refractivity contribution is 0.253. The molecular weight excluding hydrogens is 286 g/mol. The van der Waals surface area contributed by atoms with E-state index in [-0.39, 0.29) is 5.75 Å². The predicted octanol–water partition coefficient (Wildman–Crippen LogP) is 1.03. The summed E-state index contributed by atoms with van der Waals surface area (Å²) in [6.45, 7) is 7.42. The largest absolute Gasteiger partial charge is 0.314 e. The first-order chi connectivity index (χ1) is 10.1. The monoisotopic (exact) mass is 317 g/mol. The minimum Gasteiger partial charge on any atom is -0.314 e. The first-order valence-corrected chi connectivity index (χ1v) is 10.1. The van der Waals surface area contributed by atoms with E-state index >= 15 is 0 Å². The van der Waals surface area contributed by atoms with Crippen LogP contribution in [0.25, 0.3) is 0 Å². The second-order valence-electron chi connectivity index (χ2n) is 6.72. The van der Waals surface area contributed by atoms with Gasteiger partial charge < -0.3 is 5.32 Å². The molecule has 0 bridgehead atoms. The van der Waals surface area contributed by atoms with Crippen molar-refractivity contribution in [1.82, 2.24) is 14.9 Å². The molecule has 6 heteroatoms. The number of nitrogens with zero attached hydrogens (tertiary/aromatic N) is 1. The Bertz CT molecular complexity index is 386. The van der Waals surface area contributed by atoms with Gasteiger partial charge in [-0.1, -0.05) is 32.6 Å². The summed E-state index contributed by atoms with van der Waals surface area (Å²) in [6, 6.07) is 0. The molecule has 0 unspecified atom stereocenters. The molecule has 1 aliphatic heterocycles. The second-order valence-corrected chi connectivity index (χ2v) is 8.65. The van der Waals surface area contributed by atoms with Gasteiger partial charge >= 0.3 is 0 Å². The van der Waals surface area contributed by atoms with E-state index in [1.54, 1.807) is 0 Å². The van der Waals surface area contributed by atoms with Crippen LogP contribution in [0.1, 0.15) is 39.0 Å². The third kappa shape index (κ3) is 6.63. The SMILES string of the molecule is CC1CCC(CCNS(=O)(=O)CCN2CCNCC2)CC1. The molecule has 0 aromatic carbocycles. The Kier molecular flexibility index (Phi) is 6.92. The van der Waals surface area contributed by atoms with Gasteiger partial charge in [0.15, 0.2) is 0 Å². The van der Waals surface area contributed by atoms with Gasteiger partial charge in [0.1, 0.15) is 0 Å². The smallest absolute Gasteiger partial charge is 0.212 e. The van der Waals surface area contributed by atoms with Crippen molar-refractivity contribution < 1.29 is 8.42 Å². The van der Waals surface area contributed by atoms with Crippen LogP contribution >= 0.6 is 0 Å². The van der Waals surface area contributed by atoms with Crippen LogP contribution in [0.3, 0.4) is 0 Å². The first-order valence-electron chi connectivity index (χ1n) is 8.45. The molecule has 21 heavy (non-hydrogen) atoms. The molecule has 0 radical (unpaired) electrons. The lowest BCUT2D eigenvalue weighted by Gasteiger charge is -2.27. The Morgan fingerprint density at radius 2 is 1.81 bits per heavy atom. The number of hydrogen-bond acceptors (Lipinski definition) is 4. The fraction of sp³-hybridized carbons (Fsp3) is 1.00. The average molecular weight is 317 g/mol. The van der Waals surface area contributed by atoms with E-state index in [0.29, 0.717) is 13.1 Å². The van der Waals surface area contributed by atoms with Gasteiger partial charge in [0, 0.05) is 39.3 Å². The Labute approximate surface area is 129 Å². The zero-order valence-electron chi connectivity index (χ0n) is 13.3. The zero-order chi connectivity index (χ0) is 15.1. The molecule has 0 aromatic rings. The third-order valence-corrected chi connectivity index (χ3v) is 6.26. The van der Waals surface area contributed by atoms with Crippen LogP contribution in [0.5, 0.6) is 0 Å². The molecule has 124 valence electrons. The number of nitrogens with one attached hydrogen (secondary N) is 2. The average Bonchev–Trinajstić information content (AvgIpc) is 2.48. The third-order valence-electron chi connectivity index (χ3n) is 4.90. The van der Waals surface area contributed by atoms with Crippen LogP contribution in [-0.2, 0) is 10.0 Å². The molecule has 1 aliphatic carbocycles. The minimum atomic E-state index is -3.10. The molecule has 5 nitrogen and oxygen atoms in total. The molecule has 2 fully saturated rings. The van der Waals surface area contributed by atoms with E-state index in [1.165, 1.54) is 25.7 Å². The van der Waals surface area contributed by atoms with Crippen LogP contribution < -0.4 is 10.0 Å². The standard InChI is InChI=1S/C15H31N3O2S/c1-14-2-4-15(5-3-14)6-7-17-21(19,20)13-12-18-10-8-16-9-11-18/h14-17H,2-13H2,1H3. The van der Waals surface area contributed by atoms with E-state index in [2.05, 4.69) is 21.9 Å². The molecule has 1 heterocycles. The van der Waals surface area contributed by atoms with Gasteiger partial charge in [-0.2, -0.15) is 0 Å². The predicted molar refractivity (Wildman–Crippen MR) is 86.8 cm³/mol. The fourth-order valence-corrected chi connectivity index (χ4v) is 4.36. The highest BCUT2D eigenvalue weighted by atomic mass is 32.2. The maximum absolute atomic E-state index is 12.0. The van der Waals surface area contributed by atoms with E-state index in [4.69, 9.17) is 0 Å². The van der Waals surface area contributed by atoms with Crippen LogP contribution in [0.4, 0.5) is 0 Å².